The van der Waals surface area contributed by atoms with Gasteiger partial charge in [-0.05, 0) is 25.7 Å². The minimum Gasteiger partial charge on any atom is -0.378 e. The summed E-state index contributed by atoms with van der Waals surface area (Å²) in [6.45, 7) is 5.11. The molecule has 4 heteroatoms. The van der Waals surface area contributed by atoms with Gasteiger partial charge in [0.05, 0.1) is 6.10 Å². The molecule has 0 aliphatic carbocycles. The van der Waals surface area contributed by atoms with Crippen LogP contribution in [0.1, 0.15) is 45.4 Å². The Bertz CT molecular complexity index is 213. The van der Waals surface area contributed by atoms with Gasteiger partial charge in [0.2, 0.25) is 0 Å². The molecule has 0 spiro atoms. The van der Waals surface area contributed by atoms with Crippen molar-refractivity contribution < 1.29 is 4.74 Å². The monoisotopic (exact) mass is 241 g/mol. The summed E-state index contributed by atoms with van der Waals surface area (Å²) in [5, 5.41) is 6.66. The van der Waals surface area contributed by atoms with Crippen LogP contribution in [-0.4, -0.2) is 38.8 Å². The fourth-order valence-electron chi connectivity index (χ4n) is 2.03. The lowest BCUT2D eigenvalue weighted by molar-refractivity contribution is 0.105. The molecule has 1 saturated heterocycles. The Hall–Kier alpha value is -0.770. The van der Waals surface area contributed by atoms with Gasteiger partial charge in [-0.15, -0.1) is 0 Å². The first-order chi connectivity index (χ1) is 8.36. The lowest BCUT2D eigenvalue weighted by Gasteiger charge is -2.13. The summed E-state index contributed by atoms with van der Waals surface area (Å²) in [7, 11) is 1.82. The first-order valence-electron chi connectivity index (χ1n) is 6.93. The molecule has 100 valence electrons. The van der Waals surface area contributed by atoms with E-state index >= 15 is 0 Å². The molecule has 1 unspecified atom stereocenters. The highest BCUT2D eigenvalue weighted by molar-refractivity contribution is 5.79. The molecule has 1 aliphatic rings. The molecule has 17 heavy (non-hydrogen) atoms. The summed E-state index contributed by atoms with van der Waals surface area (Å²) in [4.78, 5) is 4.20. The smallest absolute Gasteiger partial charge is 0.190 e. The van der Waals surface area contributed by atoms with Crippen molar-refractivity contribution in [2.24, 2.45) is 4.99 Å². The molecule has 0 aromatic heterocycles. The highest BCUT2D eigenvalue weighted by atomic mass is 16.5. The molecule has 1 heterocycles. The second kappa shape index (κ2) is 9.28. The number of hydrogen-bond donors (Lipinski definition) is 2. The van der Waals surface area contributed by atoms with Gasteiger partial charge in [-0.25, -0.2) is 0 Å². The van der Waals surface area contributed by atoms with E-state index in [4.69, 9.17) is 4.74 Å². The van der Waals surface area contributed by atoms with Crippen molar-refractivity contribution in [2.45, 2.75) is 51.6 Å². The Labute approximate surface area is 105 Å². The van der Waals surface area contributed by atoms with E-state index in [2.05, 4.69) is 22.5 Å². The number of rotatable bonds is 7. The second-order valence-corrected chi connectivity index (χ2v) is 4.56. The molecule has 1 aliphatic heterocycles. The number of unbranched alkanes of at least 4 members (excludes halogenated alkanes) is 2. The van der Waals surface area contributed by atoms with Crippen LogP contribution in [0.15, 0.2) is 4.99 Å². The van der Waals surface area contributed by atoms with Crippen molar-refractivity contribution in [2.75, 3.05) is 26.7 Å². The molecule has 0 aromatic carbocycles. The van der Waals surface area contributed by atoms with E-state index < -0.39 is 0 Å². The topological polar surface area (TPSA) is 45.7 Å². The molecule has 1 atom stereocenters. The van der Waals surface area contributed by atoms with E-state index in [0.717, 1.165) is 32.1 Å². The van der Waals surface area contributed by atoms with Crippen molar-refractivity contribution in [1.82, 2.24) is 10.6 Å². The molecule has 0 radical (unpaired) electrons. The summed E-state index contributed by atoms with van der Waals surface area (Å²) in [5.74, 6) is 0.916. The van der Waals surface area contributed by atoms with Crippen LogP contribution in [0.25, 0.3) is 0 Å². The summed E-state index contributed by atoms with van der Waals surface area (Å²) >= 11 is 0. The number of guanidine groups is 1. The predicted molar refractivity (Wildman–Crippen MR) is 72.5 cm³/mol. The largest absolute Gasteiger partial charge is 0.378 e. The molecule has 2 N–H and O–H groups in total. The van der Waals surface area contributed by atoms with E-state index in [0.29, 0.717) is 6.10 Å². The van der Waals surface area contributed by atoms with Gasteiger partial charge in [0.25, 0.3) is 0 Å². The van der Waals surface area contributed by atoms with Crippen molar-refractivity contribution in [3.63, 3.8) is 0 Å². The molecule has 0 amide bonds. The molecule has 0 bridgehead atoms. The van der Waals surface area contributed by atoms with Crippen LogP contribution < -0.4 is 10.6 Å². The molecular weight excluding hydrogens is 214 g/mol. The predicted octanol–water partition coefficient (Wildman–Crippen LogP) is 1.91. The third-order valence-corrected chi connectivity index (χ3v) is 3.08. The normalized spacial score (nSPS) is 20.6. The van der Waals surface area contributed by atoms with E-state index in [1.165, 1.54) is 32.1 Å². The fourth-order valence-corrected chi connectivity index (χ4v) is 2.03. The summed E-state index contributed by atoms with van der Waals surface area (Å²) in [5.41, 5.74) is 0. The minimum atomic E-state index is 0.459. The van der Waals surface area contributed by atoms with E-state index in [-0.39, 0.29) is 0 Å². The summed E-state index contributed by atoms with van der Waals surface area (Å²) in [6.07, 6.45) is 7.71. The van der Waals surface area contributed by atoms with Crippen molar-refractivity contribution in [1.29, 1.82) is 0 Å². The Morgan fingerprint density at radius 2 is 2.12 bits per heavy atom. The maximum atomic E-state index is 5.58. The van der Waals surface area contributed by atoms with Crippen molar-refractivity contribution in [3.05, 3.63) is 0 Å². The average molecular weight is 241 g/mol. The van der Waals surface area contributed by atoms with Gasteiger partial charge in [-0.3, -0.25) is 4.99 Å². The van der Waals surface area contributed by atoms with Gasteiger partial charge in [0, 0.05) is 26.7 Å². The highest BCUT2D eigenvalue weighted by Gasteiger charge is 2.14. The van der Waals surface area contributed by atoms with Crippen LogP contribution in [-0.2, 0) is 4.74 Å². The van der Waals surface area contributed by atoms with E-state index in [1.54, 1.807) is 0 Å². The van der Waals surface area contributed by atoms with Gasteiger partial charge in [0.1, 0.15) is 0 Å². The third kappa shape index (κ3) is 6.51. The SMILES string of the molecule is CCCCCNC(=NC)NCCC1CCCO1. The maximum Gasteiger partial charge on any atom is 0.190 e. The van der Waals surface area contributed by atoms with E-state index in [1.807, 2.05) is 7.05 Å². The number of hydrogen-bond acceptors (Lipinski definition) is 2. The van der Waals surface area contributed by atoms with Crippen LogP contribution in [0.5, 0.6) is 0 Å². The summed E-state index contributed by atoms with van der Waals surface area (Å²) in [6, 6.07) is 0. The quantitative estimate of drug-likeness (QED) is 0.406. The lowest BCUT2D eigenvalue weighted by Crippen LogP contribution is -2.39. The highest BCUT2D eigenvalue weighted by Crippen LogP contribution is 2.14. The minimum absolute atomic E-state index is 0.459. The van der Waals surface area contributed by atoms with Gasteiger partial charge < -0.3 is 15.4 Å². The number of nitrogens with one attached hydrogen (secondary N) is 2. The first kappa shape index (κ1) is 14.3. The average Bonchev–Trinajstić information content (AvgIpc) is 2.85. The second-order valence-electron chi connectivity index (χ2n) is 4.56. The Kier molecular flexibility index (Phi) is 7.80. The van der Waals surface area contributed by atoms with Crippen LogP contribution in [0, 0.1) is 0 Å². The number of aliphatic imine (C=N–C) groups is 1. The van der Waals surface area contributed by atoms with Gasteiger partial charge in [0.15, 0.2) is 5.96 Å². The zero-order valence-corrected chi connectivity index (χ0v) is 11.3. The van der Waals surface area contributed by atoms with Crippen LogP contribution >= 0.6 is 0 Å². The molecule has 1 fully saturated rings. The molecule has 0 aromatic rings. The van der Waals surface area contributed by atoms with Crippen molar-refractivity contribution >= 4 is 5.96 Å². The van der Waals surface area contributed by atoms with E-state index in [9.17, 15) is 0 Å². The fraction of sp³-hybridized carbons (Fsp3) is 0.923. The van der Waals surface area contributed by atoms with Gasteiger partial charge in [-0.2, -0.15) is 0 Å². The number of ether oxygens (including phenoxy) is 1. The molecule has 4 nitrogen and oxygen atoms in total. The standard InChI is InChI=1S/C13H27N3O/c1-3-4-5-9-15-13(14-2)16-10-8-12-7-6-11-17-12/h12H,3-11H2,1-2H3,(H2,14,15,16). The Morgan fingerprint density at radius 3 is 2.76 bits per heavy atom. The Balaban J connectivity index is 2.01. The van der Waals surface area contributed by atoms with Gasteiger partial charge in [-0.1, -0.05) is 19.8 Å². The van der Waals surface area contributed by atoms with Gasteiger partial charge >= 0.3 is 0 Å². The van der Waals surface area contributed by atoms with Crippen LogP contribution in [0.4, 0.5) is 0 Å². The molecular formula is C13H27N3O. The zero-order chi connectivity index (χ0) is 12.3. The lowest BCUT2D eigenvalue weighted by atomic mass is 10.2. The third-order valence-electron chi connectivity index (χ3n) is 3.08. The zero-order valence-electron chi connectivity index (χ0n) is 11.3. The van der Waals surface area contributed by atoms with Crippen molar-refractivity contribution in [3.8, 4) is 0 Å². The number of nitrogens with zero attached hydrogens (tertiary/aromatic N) is 1. The first-order valence-corrected chi connectivity index (χ1v) is 6.93. The molecule has 0 saturated carbocycles. The molecule has 1 rings (SSSR count). The maximum absolute atomic E-state index is 5.58. The Morgan fingerprint density at radius 1 is 1.29 bits per heavy atom. The van der Waals surface area contributed by atoms with Crippen LogP contribution in [0.2, 0.25) is 0 Å². The summed E-state index contributed by atoms with van der Waals surface area (Å²) < 4.78 is 5.58. The van der Waals surface area contributed by atoms with Crippen LogP contribution in [0.3, 0.4) is 0 Å².